The van der Waals surface area contributed by atoms with Gasteiger partial charge in [0.2, 0.25) is 0 Å². The molecule has 0 heterocycles. The number of benzene rings is 2. The first-order chi connectivity index (χ1) is 10.6. The third kappa shape index (κ3) is 5.16. The summed E-state index contributed by atoms with van der Waals surface area (Å²) in [6.07, 6.45) is 10.9. The van der Waals surface area contributed by atoms with Gasteiger partial charge in [0.25, 0.3) is 0 Å². The normalized spacial score (nSPS) is 12.0. The van der Waals surface area contributed by atoms with E-state index in [2.05, 4.69) is 63.2 Å². The summed E-state index contributed by atoms with van der Waals surface area (Å²) in [4.78, 5) is 0. The van der Waals surface area contributed by atoms with Crippen LogP contribution in [-0.2, 0) is 6.42 Å². The van der Waals surface area contributed by atoms with Gasteiger partial charge in [-0.25, -0.2) is 0 Å². The van der Waals surface area contributed by atoms with Crippen molar-refractivity contribution in [3.8, 4) is 0 Å². The predicted octanol–water partition coefficient (Wildman–Crippen LogP) is 7.16. The zero-order valence-corrected chi connectivity index (χ0v) is 14.7. The maximum absolute atomic E-state index is 2.43. The van der Waals surface area contributed by atoms with Crippen molar-refractivity contribution in [2.75, 3.05) is 0 Å². The fourth-order valence-corrected chi connectivity index (χ4v) is 3.43. The van der Waals surface area contributed by atoms with E-state index in [1.54, 1.807) is 0 Å². The second-order valence-electron chi connectivity index (χ2n) is 7.50. The molecule has 0 aliphatic rings. The lowest BCUT2D eigenvalue weighted by molar-refractivity contribution is 0.317. The van der Waals surface area contributed by atoms with Crippen molar-refractivity contribution in [3.63, 3.8) is 0 Å². The molecule has 0 bridgehead atoms. The summed E-state index contributed by atoms with van der Waals surface area (Å²) < 4.78 is 0. The van der Waals surface area contributed by atoms with Crippen LogP contribution >= 0.6 is 0 Å². The van der Waals surface area contributed by atoms with Crippen LogP contribution in [0.15, 0.2) is 42.5 Å². The van der Waals surface area contributed by atoms with E-state index in [1.807, 2.05) is 0 Å². The van der Waals surface area contributed by atoms with E-state index in [9.17, 15) is 0 Å². The molecular weight excluding hydrogens is 264 g/mol. The molecule has 2 aromatic carbocycles. The zero-order valence-electron chi connectivity index (χ0n) is 14.7. The van der Waals surface area contributed by atoms with Gasteiger partial charge in [-0.1, -0.05) is 102 Å². The van der Waals surface area contributed by atoms with E-state index in [4.69, 9.17) is 0 Å². The van der Waals surface area contributed by atoms with E-state index in [1.165, 1.54) is 67.7 Å². The van der Waals surface area contributed by atoms with Crippen molar-refractivity contribution in [1.29, 1.82) is 0 Å². The molecule has 0 aliphatic carbocycles. The molecule has 0 spiro atoms. The molecule has 0 heteroatoms. The molecule has 0 unspecified atom stereocenters. The number of unbranched alkanes of at least 4 members (excludes halogenated alkanes) is 5. The molecule has 22 heavy (non-hydrogen) atoms. The van der Waals surface area contributed by atoms with Gasteiger partial charge in [-0.15, -0.1) is 0 Å². The van der Waals surface area contributed by atoms with Gasteiger partial charge in [-0.05, 0) is 34.6 Å². The average Bonchev–Trinajstić information content (AvgIpc) is 2.51. The van der Waals surface area contributed by atoms with Crippen LogP contribution in [-0.4, -0.2) is 0 Å². The van der Waals surface area contributed by atoms with Crippen LogP contribution in [0.4, 0.5) is 0 Å². The first kappa shape index (κ1) is 17.1. The fourth-order valence-electron chi connectivity index (χ4n) is 3.43. The van der Waals surface area contributed by atoms with Crippen molar-refractivity contribution in [2.24, 2.45) is 5.41 Å². The van der Waals surface area contributed by atoms with E-state index in [0.717, 1.165) is 0 Å². The minimum absolute atomic E-state index is 0.398. The van der Waals surface area contributed by atoms with Gasteiger partial charge < -0.3 is 0 Å². The van der Waals surface area contributed by atoms with Gasteiger partial charge in [0.1, 0.15) is 0 Å². The Balaban J connectivity index is 1.90. The second-order valence-corrected chi connectivity index (χ2v) is 7.50. The molecule has 0 N–H and O–H groups in total. The monoisotopic (exact) mass is 296 g/mol. The molecule has 0 saturated carbocycles. The van der Waals surface area contributed by atoms with E-state index in [-0.39, 0.29) is 0 Å². The summed E-state index contributed by atoms with van der Waals surface area (Å²) in [6.45, 7) is 7.15. The number of fused-ring (bicyclic) bond motifs is 1. The number of hydrogen-bond donors (Lipinski definition) is 0. The van der Waals surface area contributed by atoms with Crippen LogP contribution in [0.3, 0.4) is 0 Å². The van der Waals surface area contributed by atoms with E-state index < -0.39 is 0 Å². The van der Waals surface area contributed by atoms with Gasteiger partial charge in [-0.2, -0.15) is 0 Å². The van der Waals surface area contributed by atoms with Crippen molar-refractivity contribution < 1.29 is 0 Å². The standard InChI is InChI=1S/C22H32/c1-4-5-6-7-8-11-17-22(2,3)18-20-15-12-14-19-13-9-10-16-21(19)20/h9-10,12-16H,4-8,11,17-18H2,1-3H3. The molecule has 0 nitrogen and oxygen atoms in total. The molecule has 0 fully saturated rings. The highest BCUT2D eigenvalue weighted by Gasteiger charge is 2.19. The third-order valence-electron chi connectivity index (χ3n) is 4.76. The summed E-state index contributed by atoms with van der Waals surface area (Å²) in [7, 11) is 0. The maximum Gasteiger partial charge on any atom is -0.0152 e. The van der Waals surface area contributed by atoms with E-state index in [0.29, 0.717) is 5.41 Å². The number of hydrogen-bond acceptors (Lipinski definition) is 0. The smallest absolute Gasteiger partial charge is 0.0152 e. The van der Waals surface area contributed by atoms with Crippen molar-refractivity contribution in [2.45, 2.75) is 72.1 Å². The lowest BCUT2D eigenvalue weighted by atomic mass is 9.80. The van der Waals surface area contributed by atoms with Crippen molar-refractivity contribution >= 4 is 10.8 Å². The van der Waals surface area contributed by atoms with Gasteiger partial charge in [0, 0.05) is 0 Å². The third-order valence-corrected chi connectivity index (χ3v) is 4.76. The SMILES string of the molecule is CCCCCCCCC(C)(C)Cc1cccc2ccccc12. The highest BCUT2D eigenvalue weighted by molar-refractivity contribution is 5.85. The minimum atomic E-state index is 0.398. The molecule has 2 rings (SSSR count). The Morgan fingerprint density at radius 2 is 1.45 bits per heavy atom. The molecule has 0 radical (unpaired) electrons. The first-order valence-corrected chi connectivity index (χ1v) is 9.09. The first-order valence-electron chi connectivity index (χ1n) is 9.09. The average molecular weight is 296 g/mol. The van der Waals surface area contributed by atoms with Crippen LogP contribution < -0.4 is 0 Å². The Morgan fingerprint density at radius 3 is 2.27 bits per heavy atom. The summed E-state index contributed by atoms with van der Waals surface area (Å²) in [5.41, 5.74) is 1.91. The predicted molar refractivity (Wildman–Crippen MR) is 99.4 cm³/mol. The van der Waals surface area contributed by atoms with Gasteiger partial charge in [0.15, 0.2) is 0 Å². The molecule has 0 atom stereocenters. The largest absolute Gasteiger partial charge is 0.0654 e. The lowest BCUT2D eigenvalue weighted by Crippen LogP contribution is -2.15. The Hall–Kier alpha value is -1.30. The fraction of sp³-hybridized carbons (Fsp3) is 0.545. The summed E-state index contributed by atoms with van der Waals surface area (Å²) >= 11 is 0. The summed E-state index contributed by atoms with van der Waals surface area (Å²) in [6, 6.07) is 15.5. The molecule has 0 aromatic heterocycles. The molecule has 0 saturated heterocycles. The van der Waals surface area contributed by atoms with Gasteiger partial charge in [-0.3, -0.25) is 0 Å². The lowest BCUT2D eigenvalue weighted by Gasteiger charge is -2.25. The van der Waals surface area contributed by atoms with Crippen LogP contribution in [0, 0.1) is 5.41 Å². The van der Waals surface area contributed by atoms with Crippen LogP contribution in [0.5, 0.6) is 0 Å². The number of rotatable bonds is 9. The van der Waals surface area contributed by atoms with Crippen LogP contribution in [0.2, 0.25) is 0 Å². The highest BCUT2D eigenvalue weighted by Crippen LogP contribution is 2.31. The molecule has 120 valence electrons. The highest BCUT2D eigenvalue weighted by atomic mass is 14.2. The molecule has 0 aliphatic heterocycles. The quantitative estimate of drug-likeness (QED) is 0.431. The molecular formula is C22H32. The van der Waals surface area contributed by atoms with Gasteiger partial charge in [0.05, 0.1) is 0 Å². The van der Waals surface area contributed by atoms with Crippen molar-refractivity contribution in [1.82, 2.24) is 0 Å². The van der Waals surface area contributed by atoms with Gasteiger partial charge >= 0.3 is 0 Å². The Kier molecular flexibility index (Phi) is 6.49. The second kappa shape index (κ2) is 8.36. The minimum Gasteiger partial charge on any atom is -0.0654 e. The Labute approximate surface area is 136 Å². The summed E-state index contributed by atoms with van der Waals surface area (Å²) in [5, 5.41) is 2.80. The maximum atomic E-state index is 2.43. The topological polar surface area (TPSA) is 0 Å². The zero-order chi connectivity index (χ0) is 15.8. The van der Waals surface area contributed by atoms with Crippen LogP contribution in [0.1, 0.15) is 71.3 Å². The Bertz CT molecular complexity index is 560. The molecule has 2 aromatic rings. The summed E-state index contributed by atoms with van der Waals surface area (Å²) in [5.74, 6) is 0. The Morgan fingerprint density at radius 1 is 0.773 bits per heavy atom. The van der Waals surface area contributed by atoms with Crippen LogP contribution in [0.25, 0.3) is 10.8 Å². The van der Waals surface area contributed by atoms with Crippen molar-refractivity contribution in [3.05, 3.63) is 48.0 Å². The van der Waals surface area contributed by atoms with E-state index >= 15 is 0 Å². The molecule has 0 amide bonds.